The summed E-state index contributed by atoms with van der Waals surface area (Å²) in [5.41, 5.74) is 7.06. The third-order valence-electron chi connectivity index (χ3n) is 4.59. The van der Waals surface area contributed by atoms with E-state index in [4.69, 9.17) is 10.9 Å². The molecule has 0 atom stereocenters. The number of rotatable bonds is 4. The van der Waals surface area contributed by atoms with Crippen molar-refractivity contribution in [3.05, 3.63) is 18.2 Å². The number of hydrogen-bond donors (Lipinski definition) is 2. The fraction of sp³-hybridized carbons (Fsp3) is 0.600. The van der Waals surface area contributed by atoms with E-state index in [1.807, 2.05) is 7.05 Å². The molecule has 118 valence electrons. The topological polar surface area (TPSA) is 89.4 Å². The van der Waals surface area contributed by atoms with Gasteiger partial charge in [0, 0.05) is 24.5 Å². The minimum atomic E-state index is -3.73. The van der Waals surface area contributed by atoms with Crippen LogP contribution in [0.4, 0.5) is 11.4 Å². The van der Waals surface area contributed by atoms with Crippen LogP contribution in [0.25, 0.3) is 0 Å². The number of sulfonamides is 1. The number of nitrogens with two attached hydrogens (primary N) is 2. The molecular weight excluding hydrogens is 286 g/mol. The molecular formula is C15H25N3O2S. The number of hydrogen-bond acceptors (Lipinski definition) is 4. The Balaban J connectivity index is 2.20. The molecule has 2 rings (SSSR count). The second-order valence-corrected chi connectivity index (χ2v) is 7.56. The fourth-order valence-corrected chi connectivity index (χ4v) is 3.71. The average molecular weight is 311 g/mol. The Morgan fingerprint density at radius 3 is 2.33 bits per heavy atom. The summed E-state index contributed by atoms with van der Waals surface area (Å²) in [4.78, 5) is 2.21. The summed E-state index contributed by atoms with van der Waals surface area (Å²) in [5, 5.41) is 5.21. The molecule has 0 aromatic heterocycles. The summed E-state index contributed by atoms with van der Waals surface area (Å²) < 4.78 is 23.0. The van der Waals surface area contributed by atoms with Gasteiger partial charge in [0.15, 0.2) is 0 Å². The number of nitrogen functional groups attached to an aromatic ring is 1. The lowest BCUT2D eigenvalue weighted by atomic mass is 9.84. The third-order valence-corrected chi connectivity index (χ3v) is 5.48. The van der Waals surface area contributed by atoms with Crippen molar-refractivity contribution < 1.29 is 8.42 Å². The van der Waals surface area contributed by atoms with Crippen molar-refractivity contribution in [2.45, 2.75) is 50.0 Å². The molecule has 0 bridgehead atoms. The average Bonchev–Trinajstić information content (AvgIpc) is 2.45. The molecule has 1 aromatic carbocycles. The molecule has 0 saturated heterocycles. The van der Waals surface area contributed by atoms with Gasteiger partial charge in [0.05, 0.1) is 4.90 Å². The van der Waals surface area contributed by atoms with E-state index in [1.54, 1.807) is 12.1 Å². The molecule has 1 saturated carbocycles. The monoisotopic (exact) mass is 311 g/mol. The van der Waals surface area contributed by atoms with Crippen LogP contribution < -0.4 is 15.8 Å². The van der Waals surface area contributed by atoms with Crippen LogP contribution in [0.2, 0.25) is 0 Å². The van der Waals surface area contributed by atoms with Gasteiger partial charge in [-0.05, 0) is 49.8 Å². The maximum absolute atomic E-state index is 11.5. The number of anilines is 2. The highest BCUT2D eigenvalue weighted by atomic mass is 32.2. The molecule has 0 amide bonds. The highest BCUT2D eigenvalue weighted by Crippen LogP contribution is 2.32. The molecule has 4 N–H and O–H groups in total. The second-order valence-electron chi connectivity index (χ2n) is 6.00. The molecule has 1 aliphatic carbocycles. The summed E-state index contributed by atoms with van der Waals surface area (Å²) in [5.74, 6) is 0.829. The summed E-state index contributed by atoms with van der Waals surface area (Å²) in [6, 6.07) is 5.25. The van der Waals surface area contributed by atoms with Gasteiger partial charge in [-0.3, -0.25) is 0 Å². The van der Waals surface area contributed by atoms with E-state index in [0.717, 1.165) is 24.4 Å². The quantitative estimate of drug-likeness (QED) is 0.835. The van der Waals surface area contributed by atoms with Crippen molar-refractivity contribution in [3.63, 3.8) is 0 Å². The van der Waals surface area contributed by atoms with Gasteiger partial charge in [-0.2, -0.15) is 0 Å². The zero-order valence-corrected chi connectivity index (χ0v) is 13.6. The van der Waals surface area contributed by atoms with Crippen molar-refractivity contribution in [3.8, 4) is 0 Å². The first kappa shape index (κ1) is 16.1. The summed E-state index contributed by atoms with van der Waals surface area (Å²) in [7, 11) is -1.73. The second kappa shape index (κ2) is 6.23. The maximum atomic E-state index is 11.5. The van der Waals surface area contributed by atoms with Gasteiger partial charge in [-0.1, -0.05) is 13.3 Å². The molecule has 1 aliphatic rings. The molecule has 0 radical (unpaired) electrons. The molecule has 0 aliphatic heterocycles. The zero-order chi connectivity index (χ0) is 15.6. The van der Waals surface area contributed by atoms with E-state index in [1.165, 1.54) is 25.3 Å². The van der Waals surface area contributed by atoms with Crippen LogP contribution >= 0.6 is 0 Å². The molecule has 6 heteroatoms. The van der Waals surface area contributed by atoms with Gasteiger partial charge in [-0.15, -0.1) is 0 Å². The number of nitrogens with zero attached hydrogens (tertiary/aromatic N) is 1. The van der Waals surface area contributed by atoms with Crippen molar-refractivity contribution >= 4 is 21.4 Å². The Kier molecular flexibility index (Phi) is 4.78. The summed E-state index contributed by atoms with van der Waals surface area (Å²) in [6.45, 7) is 2.24. The Bertz CT molecular complexity index is 593. The number of benzene rings is 1. The standard InChI is InChI=1S/C15H25N3O2S/c1-3-11-4-6-13(7-5-11)18(2)14-8-12(16)9-15(10-14)21(17,19)20/h8-11,13H,3-7,16H2,1-2H3,(H2,17,19,20). The van der Waals surface area contributed by atoms with Crippen molar-refractivity contribution in [2.75, 3.05) is 17.7 Å². The third kappa shape index (κ3) is 3.89. The van der Waals surface area contributed by atoms with Crippen LogP contribution in [0.15, 0.2) is 23.1 Å². The van der Waals surface area contributed by atoms with Gasteiger partial charge in [-0.25, -0.2) is 13.6 Å². The Hall–Kier alpha value is -1.27. The van der Waals surface area contributed by atoms with Crippen LogP contribution in [-0.4, -0.2) is 21.5 Å². The first-order valence-electron chi connectivity index (χ1n) is 7.47. The van der Waals surface area contributed by atoms with Crippen LogP contribution in [0.5, 0.6) is 0 Å². The van der Waals surface area contributed by atoms with E-state index >= 15 is 0 Å². The van der Waals surface area contributed by atoms with Gasteiger partial charge < -0.3 is 10.6 Å². The van der Waals surface area contributed by atoms with Gasteiger partial charge in [0.1, 0.15) is 0 Å². The molecule has 0 unspecified atom stereocenters. The van der Waals surface area contributed by atoms with E-state index < -0.39 is 10.0 Å². The number of primary sulfonamides is 1. The summed E-state index contributed by atoms with van der Waals surface area (Å²) in [6.07, 6.45) is 5.97. The zero-order valence-electron chi connectivity index (χ0n) is 12.7. The van der Waals surface area contributed by atoms with Gasteiger partial charge in [0.25, 0.3) is 0 Å². The van der Waals surface area contributed by atoms with E-state index in [2.05, 4.69) is 11.8 Å². The van der Waals surface area contributed by atoms with E-state index in [-0.39, 0.29) is 4.90 Å². The lowest BCUT2D eigenvalue weighted by Crippen LogP contribution is -2.35. The molecule has 0 spiro atoms. The largest absolute Gasteiger partial charge is 0.399 e. The molecule has 5 nitrogen and oxygen atoms in total. The van der Waals surface area contributed by atoms with Crippen LogP contribution in [0, 0.1) is 5.92 Å². The van der Waals surface area contributed by atoms with E-state index in [0.29, 0.717) is 11.7 Å². The molecule has 0 heterocycles. The highest BCUT2D eigenvalue weighted by molar-refractivity contribution is 7.89. The van der Waals surface area contributed by atoms with Crippen LogP contribution in [0.3, 0.4) is 0 Å². The first-order chi connectivity index (χ1) is 9.81. The SMILES string of the molecule is CCC1CCC(N(C)c2cc(N)cc(S(N)(=O)=O)c2)CC1. The molecule has 1 fully saturated rings. The smallest absolute Gasteiger partial charge is 0.238 e. The van der Waals surface area contributed by atoms with Crippen molar-refractivity contribution in [2.24, 2.45) is 11.1 Å². The molecule has 1 aromatic rings. The van der Waals surface area contributed by atoms with Crippen molar-refractivity contribution in [1.29, 1.82) is 0 Å². The minimum absolute atomic E-state index is 0.0756. The normalized spacial score (nSPS) is 23.0. The van der Waals surface area contributed by atoms with E-state index in [9.17, 15) is 8.42 Å². The predicted octanol–water partition coefficient (Wildman–Crippen LogP) is 2.32. The van der Waals surface area contributed by atoms with Gasteiger partial charge in [0.2, 0.25) is 10.0 Å². The summed E-state index contributed by atoms with van der Waals surface area (Å²) >= 11 is 0. The Labute approximate surface area is 127 Å². The Morgan fingerprint density at radius 2 is 1.81 bits per heavy atom. The van der Waals surface area contributed by atoms with Gasteiger partial charge >= 0.3 is 0 Å². The predicted molar refractivity (Wildman–Crippen MR) is 86.7 cm³/mol. The maximum Gasteiger partial charge on any atom is 0.238 e. The van der Waals surface area contributed by atoms with Crippen LogP contribution in [0.1, 0.15) is 39.0 Å². The first-order valence-corrected chi connectivity index (χ1v) is 9.02. The lowest BCUT2D eigenvalue weighted by molar-refractivity contribution is 0.313. The Morgan fingerprint density at radius 1 is 1.19 bits per heavy atom. The lowest BCUT2D eigenvalue weighted by Gasteiger charge is -2.36. The fourth-order valence-electron chi connectivity index (χ4n) is 3.12. The van der Waals surface area contributed by atoms with Crippen LogP contribution in [-0.2, 0) is 10.0 Å². The highest BCUT2D eigenvalue weighted by Gasteiger charge is 2.24. The minimum Gasteiger partial charge on any atom is -0.399 e. The van der Waals surface area contributed by atoms with Crippen molar-refractivity contribution in [1.82, 2.24) is 0 Å². The molecule has 21 heavy (non-hydrogen) atoms.